The molecule has 0 radical (unpaired) electrons. The van der Waals surface area contributed by atoms with Gasteiger partial charge in [-0.3, -0.25) is 14.9 Å². The van der Waals surface area contributed by atoms with E-state index in [1.807, 2.05) is 30.9 Å². The number of hydrogen-bond acceptors (Lipinski definition) is 3. The molecular formula is C17H21N3. The van der Waals surface area contributed by atoms with Crippen LogP contribution < -0.4 is 0 Å². The third-order valence-corrected chi connectivity index (χ3v) is 4.01. The molecule has 0 saturated carbocycles. The molecule has 0 aliphatic carbocycles. The van der Waals surface area contributed by atoms with Crippen molar-refractivity contribution in [2.45, 2.75) is 25.8 Å². The molecule has 3 rings (SSSR count). The van der Waals surface area contributed by atoms with Crippen molar-refractivity contribution in [1.29, 1.82) is 0 Å². The minimum Gasteiger partial charge on any atom is -0.299 e. The number of nitrogens with zero attached hydrogens (tertiary/aromatic N) is 3. The van der Waals surface area contributed by atoms with Gasteiger partial charge >= 0.3 is 0 Å². The lowest BCUT2D eigenvalue weighted by atomic mass is 9.91. The Balaban J connectivity index is 1.57. The van der Waals surface area contributed by atoms with Crippen LogP contribution in [0.5, 0.6) is 0 Å². The maximum absolute atomic E-state index is 4.22. The van der Waals surface area contributed by atoms with E-state index in [0.29, 0.717) is 0 Å². The van der Waals surface area contributed by atoms with E-state index in [1.165, 1.54) is 37.1 Å². The first-order valence-corrected chi connectivity index (χ1v) is 7.40. The van der Waals surface area contributed by atoms with Crippen LogP contribution in [0.25, 0.3) is 0 Å². The van der Waals surface area contributed by atoms with Gasteiger partial charge in [0.1, 0.15) is 0 Å². The van der Waals surface area contributed by atoms with Crippen molar-refractivity contribution in [2.24, 2.45) is 5.92 Å². The molecule has 0 unspecified atom stereocenters. The Morgan fingerprint density at radius 1 is 1.05 bits per heavy atom. The second-order valence-corrected chi connectivity index (χ2v) is 5.66. The molecule has 0 amide bonds. The van der Waals surface area contributed by atoms with E-state index in [1.54, 1.807) is 0 Å². The summed E-state index contributed by atoms with van der Waals surface area (Å²) in [6.45, 7) is 3.45. The molecule has 2 aromatic rings. The zero-order valence-corrected chi connectivity index (χ0v) is 11.8. The number of aromatic nitrogens is 2. The van der Waals surface area contributed by atoms with Crippen LogP contribution in [0.15, 0.2) is 49.1 Å². The molecule has 1 saturated heterocycles. The molecule has 0 N–H and O–H groups in total. The summed E-state index contributed by atoms with van der Waals surface area (Å²) in [6, 6.07) is 8.46. The van der Waals surface area contributed by atoms with Gasteiger partial charge in [0.2, 0.25) is 0 Å². The van der Waals surface area contributed by atoms with Crippen molar-refractivity contribution in [1.82, 2.24) is 14.9 Å². The maximum Gasteiger partial charge on any atom is 0.0299 e. The van der Waals surface area contributed by atoms with Crippen LogP contribution in [-0.4, -0.2) is 28.0 Å². The second kappa shape index (κ2) is 6.62. The van der Waals surface area contributed by atoms with Crippen LogP contribution in [-0.2, 0) is 13.0 Å². The van der Waals surface area contributed by atoms with Crippen LogP contribution in [0.1, 0.15) is 24.0 Å². The minimum atomic E-state index is 0.759. The zero-order chi connectivity index (χ0) is 13.6. The fourth-order valence-corrected chi connectivity index (χ4v) is 3.06. The van der Waals surface area contributed by atoms with Crippen molar-refractivity contribution < 1.29 is 0 Å². The van der Waals surface area contributed by atoms with Crippen LogP contribution in [0.4, 0.5) is 0 Å². The van der Waals surface area contributed by atoms with Crippen LogP contribution >= 0.6 is 0 Å². The fraction of sp³-hybridized carbons (Fsp3) is 0.412. The van der Waals surface area contributed by atoms with Gasteiger partial charge in [0.05, 0.1) is 0 Å². The lowest BCUT2D eigenvalue weighted by molar-refractivity contribution is 0.167. The Kier molecular flexibility index (Phi) is 4.38. The van der Waals surface area contributed by atoms with Gasteiger partial charge in [-0.25, -0.2) is 0 Å². The summed E-state index contributed by atoms with van der Waals surface area (Å²) in [5.41, 5.74) is 2.73. The molecule has 3 heteroatoms. The molecule has 1 atom stereocenters. The topological polar surface area (TPSA) is 29.0 Å². The summed E-state index contributed by atoms with van der Waals surface area (Å²) in [7, 11) is 0. The molecule has 3 heterocycles. The number of likely N-dealkylation sites (tertiary alicyclic amines) is 1. The zero-order valence-electron chi connectivity index (χ0n) is 11.8. The minimum absolute atomic E-state index is 0.759. The lowest BCUT2D eigenvalue weighted by Gasteiger charge is -2.32. The highest BCUT2D eigenvalue weighted by atomic mass is 15.1. The molecule has 20 heavy (non-hydrogen) atoms. The normalized spacial score (nSPS) is 19.9. The molecule has 0 spiro atoms. The second-order valence-electron chi connectivity index (χ2n) is 5.66. The number of pyridine rings is 2. The molecule has 0 bridgehead atoms. The van der Waals surface area contributed by atoms with E-state index in [4.69, 9.17) is 0 Å². The van der Waals surface area contributed by atoms with Crippen molar-refractivity contribution in [3.63, 3.8) is 0 Å². The fourth-order valence-electron chi connectivity index (χ4n) is 3.06. The molecule has 1 aliphatic heterocycles. The van der Waals surface area contributed by atoms with Crippen molar-refractivity contribution in [3.05, 3.63) is 60.2 Å². The molecule has 1 aliphatic rings. The Hall–Kier alpha value is -1.74. The summed E-state index contributed by atoms with van der Waals surface area (Å²) in [5, 5.41) is 0. The third kappa shape index (κ3) is 3.64. The Labute approximate surface area is 120 Å². The van der Waals surface area contributed by atoms with E-state index >= 15 is 0 Å². The Morgan fingerprint density at radius 2 is 1.95 bits per heavy atom. The predicted molar refractivity (Wildman–Crippen MR) is 80.2 cm³/mol. The van der Waals surface area contributed by atoms with Gasteiger partial charge in [0, 0.05) is 37.9 Å². The van der Waals surface area contributed by atoms with Crippen molar-refractivity contribution >= 4 is 0 Å². The predicted octanol–water partition coefficient (Wildman–Crippen LogP) is 2.93. The third-order valence-electron chi connectivity index (χ3n) is 4.01. The largest absolute Gasteiger partial charge is 0.299 e. The van der Waals surface area contributed by atoms with Crippen LogP contribution in [0, 0.1) is 5.92 Å². The lowest BCUT2D eigenvalue weighted by Crippen LogP contribution is -2.35. The summed E-state index contributed by atoms with van der Waals surface area (Å²) in [6.07, 6.45) is 11.4. The van der Waals surface area contributed by atoms with Crippen LogP contribution in [0.3, 0.4) is 0 Å². The van der Waals surface area contributed by atoms with Gasteiger partial charge in [-0.2, -0.15) is 0 Å². The molecule has 0 aromatic carbocycles. The summed E-state index contributed by atoms with van der Waals surface area (Å²) in [5.74, 6) is 0.759. The average Bonchev–Trinajstić information content (AvgIpc) is 2.50. The van der Waals surface area contributed by atoms with Gasteiger partial charge in [-0.15, -0.1) is 0 Å². The molecule has 1 fully saturated rings. The van der Waals surface area contributed by atoms with Gasteiger partial charge < -0.3 is 0 Å². The van der Waals surface area contributed by atoms with E-state index in [-0.39, 0.29) is 0 Å². The van der Waals surface area contributed by atoms with E-state index in [2.05, 4.69) is 33.1 Å². The van der Waals surface area contributed by atoms with Gasteiger partial charge in [0.15, 0.2) is 0 Å². The smallest absolute Gasteiger partial charge is 0.0299 e. The first-order chi connectivity index (χ1) is 9.90. The van der Waals surface area contributed by atoms with Gasteiger partial charge in [-0.05, 0) is 61.1 Å². The highest BCUT2D eigenvalue weighted by molar-refractivity contribution is 5.11. The van der Waals surface area contributed by atoms with E-state index in [0.717, 1.165) is 18.9 Å². The molecule has 104 valence electrons. The summed E-state index contributed by atoms with van der Waals surface area (Å²) < 4.78 is 0. The Bertz CT molecular complexity index is 465. The number of piperidine rings is 1. The maximum atomic E-state index is 4.22. The van der Waals surface area contributed by atoms with Gasteiger partial charge in [-0.1, -0.05) is 6.07 Å². The van der Waals surface area contributed by atoms with Crippen molar-refractivity contribution in [3.8, 4) is 0 Å². The molecular weight excluding hydrogens is 246 g/mol. The standard InChI is InChI=1S/C17H21N3/c1-3-16(12-19-7-1)11-17-4-2-10-20(14-17)13-15-5-8-18-9-6-15/h1,3,5-9,12,17H,2,4,10-11,13-14H2/t17-/m1/s1. The SMILES string of the molecule is c1cncc(C[C@H]2CCCN(Cc3ccncc3)C2)c1. The highest BCUT2D eigenvalue weighted by Gasteiger charge is 2.20. The monoisotopic (exact) mass is 267 g/mol. The number of rotatable bonds is 4. The molecule has 3 nitrogen and oxygen atoms in total. The number of hydrogen-bond donors (Lipinski definition) is 0. The van der Waals surface area contributed by atoms with Gasteiger partial charge in [0.25, 0.3) is 0 Å². The van der Waals surface area contributed by atoms with Crippen LogP contribution in [0.2, 0.25) is 0 Å². The summed E-state index contributed by atoms with van der Waals surface area (Å²) >= 11 is 0. The van der Waals surface area contributed by atoms with Crippen molar-refractivity contribution in [2.75, 3.05) is 13.1 Å². The highest BCUT2D eigenvalue weighted by Crippen LogP contribution is 2.21. The first kappa shape index (κ1) is 13.3. The average molecular weight is 267 g/mol. The molecule has 2 aromatic heterocycles. The Morgan fingerprint density at radius 3 is 2.75 bits per heavy atom. The quantitative estimate of drug-likeness (QED) is 0.853. The van der Waals surface area contributed by atoms with E-state index < -0.39 is 0 Å². The first-order valence-electron chi connectivity index (χ1n) is 7.40. The summed E-state index contributed by atoms with van der Waals surface area (Å²) in [4.78, 5) is 10.9. The van der Waals surface area contributed by atoms with E-state index in [9.17, 15) is 0 Å².